The Balaban J connectivity index is 2.06. The van der Waals surface area contributed by atoms with Crippen molar-refractivity contribution in [1.82, 2.24) is 0 Å². The molecule has 1 nitrogen and oxygen atoms in total. The molecule has 21 heavy (non-hydrogen) atoms. The molecule has 0 radical (unpaired) electrons. The second kappa shape index (κ2) is 7.56. The molecule has 0 heterocycles. The average molecular weight is 344 g/mol. The van der Waals surface area contributed by atoms with Crippen LogP contribution < -0.4 is 4.74 Å². The zero-order valence-electron chi connectivity index (χ0n) is 10.8. The standard InChI is InChI=1S/C16H10Cl3FO/c17-7-1-2-12-4-5-13(9-16(12)20)21-10-11-3-6-14(18)15(19)8-11/h3-6,8-9H,7,10H2. The molecule has 0 unspecified atom stereocenters. The monoisotopic (exact) mass is 342 g/mol. The van der Waals surface area contributed by atoms with Crippen molar-refractivity contribution in [3.63, 3.8) is 0 Å². The van der Waals surface area contributed by atoms with Gasteiger partial charge in [0.25, 0.3) is 0 Å². The number of hydrogen-bond donors (Lipinski definition) is 0. The molecule has 0 aliphatic rings. The third-order valence-electron chi connectivity index (χ3n) is 2.62. The summed E-state index contributed by atoms with van der Waals surface area (Å²) in [5.74, 6) is 5.36. The normalized spacial score (nSPS) is 9.90. The number of alkyl halides is 1. The molecular weight excluding hydrogens is 334 g/mol. The SMILES string of the molecule is Fc1cc(OCc2ccc(Cl)c(Cl)c2)ccc1C#CCCl. The van der Waals surface area contributed by atoms with Crippen molar-refractivity contribution in [3.8, 4) is 17.6 Å². The van der Waals surface area contributed by atoms with Crippen LogP contribution >= 0.6 is 34.8 Å². The largest absolute Gasteiger partial charge is 0.489 e. The Bertz CT molecular complexity index is 704. The minimum absolute atomic E-state index is 0.162. The maximum atomic E-state index is 13.8. The van der Waals surface area contributed by atoms with Crippen LogP contribution in [-0.2, 0) is 6.61 Å². The van der Waals surface area contributed by atoms with E-state index in [1.807, 2.05) is 0 Å². The summed E-state index contributed by atoms with van der Waals surface area (Å²) < 4.78 is 19.3. The third kappa shape index (κ3) is 4.54. The Morgan fingerprint density at radius 3 is 2.52 bits per heavy atom. The number of rotatable bonds is 3. The lowest BCUT2D eigenvalue weighted by Gasteiger charge is -2.08. The maximum Gasteiger partial charge on any atom is 0.142 e. The fourth-order valence-electron chi connectivity index (χ4n) is 1.61. The van der Waals surface area contributed by atoms with Gasteiger partial charge >= 0.3 is 0 Å². The Labute approximate surface area is 137 Å². The van der Waals surface area contributed by atoms with Crippen LogP contribution in [0.25, 0.3) is 0 Å². The van der Waals surface area contributed by atoms with Crippen LogP contribution in [-0.4, -0.2) is 5.88 Å². The highest BCUT2D eigenvalue weighted by Gasteiger charge is 2.04. The Hall–Kier alpha value is -1.40. The molecule has 0 aliphatic heterocycles. The van der Waals surface area contributed by atoms with Gasteiger partial charge in [0.2, 0.25) is 0 Å². The van der Waals surface area contributed by atoms with E-state index < -0.39 is 5.82 Å². The zero-order chi connectivity index (χ0) is 15.2. The summed E-state index contributed by atoms with van der Waals surface area (Å²) in [4.78, 5) is 0. The molecule has 2 aromatic carbocycles. The molecule has 0 spiro atoms. The van der Waals surface area contributed by atoms with Crippen LogP contribution in [0.2, 0.25) is 10.0 Å². The highest BCUT2D eigenvalue weighted by atomic mass is 35.5. The third-order valence-corrected chi connectivity index (χ3v) is 3.49. The molecule has 0 saturated heterocycles. The van der Waals surface area contributed by atoms with Crippen molar-refractivity contribution < 1.29 is 9.13 Å². The first-order valence-electron chi connectivity index (χ1n) is 6.01. The molecule has 0 amide bonds. The summed E-state index contributed by atoms with van der Waals surface area (Å²) in [6, 6.07) is 9.69. The van der Waals surface area contributed by atoms with Crippen molar-refractivity contribution in [2.75, 3.05) is 5.88 Å². The molecule has 2 rings (SSSR count). The van der Waals surface area contributed by atoms with Crippen LogP contribution in [0, 0.1) is 17.7 Å². The highest BCUT2D eigenvalue weighted by molar-refractivity contribution is 6.42. The molecule has 0 atom stereocenters. The molecule has 0 bridgehead atoms. The van der Waals surface area contributed by atoms with Crippen LogP contribution in [0.1, 0.15) is 11.1 Å². The van der Waals surface area contributed by atoms with Gasteiger partial charge in [-0.1, -0.05) is 41.1 Å². The lowest BCUT2D eigenvalue weighted by Crippen LogP contribution is -1.96. The molecule has 0 aromatic heterocycles. The lowest BCUT2D eigenvalue weighted by molar-refractivity contribution is 0.304. The van der Waals surface area contributed by atoms with E-state index in [9.17, 15) is 4.39 Å². The fourth-order valence-corrected chi connectivity index (χ4v) is 2.00. The van der Waals surface area contributed by atoms with E-state index in [0.29, 0.717) is 15.8 Å². The van der Waals surface area contributed by atoms with E-state index in [1.54, 1.807) is 30.3 Å². The second-order valence-corrected chi connectivity index (χ2v) is 5.20. The Morgan fingerprint density at radius 2 is 1.86 bits per heavy atom. The smallest absolute Gasteiger partial charge is 0.142 e. The minimum atomic E-state index is -0.445. The summed E-state index contributed by atoms with van der Waals surface area (Å²) in [5.41, 5.74) is 1.13. The minimum Gasteiger partial charge on any atom is -0.489 e. The Kier molecular flexibility index (Phi) is 5.76. The highest BCUT2D eigenvalue weighted by Crippen LogP contribution is 2.24. The molecule has 0 N–H and O–H groups in total. The van der Waals surface area contributed by atoms with Gasteiger partial charge in [-0.05, 0) is 29.8 Å². The summed E-state index contributed by atoms with van der Waals surface area (Å²) in [6.45, 7) is 0.267. The number of halogens is 4. The molecule has 5 heteroatoms. The average Bonchev–Trinajstić information content (AvgIpc) is 2.47. The number of ether oxygens (including phenoxy) is 1. The van der Waals surface area contributed by atoms with E-state index in [4.69, 9.17) is 39.5 Å². The van der Waals surface area contributed by atoms with Gasteiger partial charge in [0.15, 0.2) is 0 Å². The quantitative estimate of drug-likeness (QED) is 0.542. The first kappa shape index (κ1) is 16.0. The molecule has 0 fully saturated rings. The number of hydrogen-bond acceptors (Lipinski definition) is 1. The topological polar surface area (TPSA) is 9.23 Å². The van der Waals surface area contributed by atoms with E-state index >= 15 is 0 Å². The zero-order valence-corrected chi connectivity index (χ0v) is 13.1. The maximum absolute atomic E-state index is 13.8. The fraction of sp³-hybridized carbons (Fsp3) is 0.125. The van der Waals surface area contributed by atoms with Gasteiger partial charge in [-0.3, -0.25) is 0 Å². The van der Waals surface area contributed by atoms with Gasteiger partial charge in [0.05, 0.1) is 21.5 Å². The van der Waals surface area contributed by atoms with E-state index in [1.165, 1.54) is 6.07 Å². The van der Waals surface area contributed by atoms with Crippen LogP contribution in [0.4, 0.5) is 4.39 Å². The van der Waals surface area contributed by atoms with Crippen LogP contribution in [0.3, 0.4) is 0 Å². The van der Waals surface area contributed by atoms with Crippen molar-refractivity contribution >= 4 is 34.8 Å². The predicted molar refractivity (Wildman–Crippen MR) is 84.8 cm³/mol. The summed E-state index contributed by atoms with van der Waals surface area (Å²) in [6.07, 6.45) is 0. The molecule has 0 aliphatic carbocycles. The van der Waals surface area contributed by atoms with Crippen molar-refractivity contribution in [3.05, 3.63) is 63.4 Å². The van der Waals surface area contributed by atoms with Gasteiger partial charge in [0.1, 0.15) is 18.2 Å². The van der Waals surface area contributed by atoms with Crippen LogP contribution in [0.15, 0.2) is 36.4 Å². The van der Waals surface area contributed by atoms with Crippen molar-refractivity contribution in [2.45, 2.75) is 6.61 Å². The number of benzene rings is 2. The van der Waals surface area contributed by atoms with Gasteiger partial charge in [0, 0.05) is 6.07 Å². The first-order valence-corrected chi connectivity index (χ1v) is 7.30. The summed E-state index contributed by atoms with van der Waals surface area (Å²) >= 11 is 17.2. The van der Waals surface area contributed by atoms with Gasteiger partial charge in [-0.15, -0.1) is 11.6 Å². The predicted octanol–water partition coefficient (Wildman–Crippen LogP) is 5.30. The van der Waals surface area contributed by atoms with Gasteiger partial charge in [-0.25, -0.2) is 4.39 Å². The van der Waals surface area contributed by atoms with Gasteiger partial charge < -0.3 is 4.74 Å². The van der Waals surface area contributed by atoms with E-state index in [2.05, 4.69) is 11.8 Å². The first-order chi connectivity index (χ1) is 10.1. The second-order valence-electron chi connectivity index (χ2n) is 4.11. The molecule has 0 saturated carbocycles. The lowest BCUT2D eigenvalue weighted by atomic mass is 10.2. The Morgan fingerprint density at radius 1 is 1.05 bits per heavy atom. The molecule has 108 valence electrons. The van der Waals surface area contributed by atoms with Crippen molar-refractivity contribution in [1.29, 1.82) is 0 Å². The molecule has 2 aromatic rings. The molecular formula is C16H10Cl3FO. The van der Waals surface area contributed by atoms with E-state index in [0.717, 1.165) is 5.56 Å². The summed E-state index contributed by atoms with van der Waals surface area (Å²) in [5, 5.41) is 0.935. The van der Waals surface area contributed by atoms with Crippen LogP contribution in [0.5, 0.6) is 5.75 Å². The summed E-state index contributed by atoms with van der Waals surface area (Å²) in [7, 11) is 0. The van der Waals surface area contributed by atoms with E-state index in [-0.39, 0.29) is 18.1 Å². The van der Waals surface area contributed by atoms with Gasteiger partial charge in [-0.2, -0.15) is 0 Å². The van der Waals surface area contributed by atoms with Crippen molar-refractivity contribution in [2.24, 2.45) is 0 Å².